The third kappa shape index (κ3) is 2.86. The molecule has 5 heteroatoms. The monoisotopic (exact) mass is 262 g/mol. The van der Waals surface area contributed by atoms with Crippen LogP contribution in [0.1, 0.15) is 26.3 Å². The predicted molar refractivity (Wildman–Crippen MR) is 70.7 cm³/mol. The van der Waals surface area contributed by atoms with Crippen LogP contribution < -0.4 is 15.4 Å². The van der Waals surface area contributed by atoms with E-state index in [0.717, 1.165) is 11.3 Å². The molecule has 1 aromatic rings. The number of ether oxygens (including phenoxy) is 1. The Balaban J connectivity index is 2.17. The summed E-state index contributed by atoms with van der Waals surface area (Å²) >= 11 is 0. The third-order valence-corrected chi connectivity index (χ3v) is 3.06. The quantitative estimate of drug-likeness (QED) is 0.796. The van der Waals surface area contributed by atoms with E-state index in [4.69, 9.17) is 4.74 Å². The molecule has 0 radical (unpaired) electrons. The van der Waals surface area contributed by atoms with Crippen LogP contribution in [0.2, 0.25) is 0 Å². The molecular weight excluding hydrogens is 244 g/mol. The standard InChI is InChI=1S/C14H18N2O3/c1-9(2)19-11-6-4-10(5-7-11)14(3)8-15-12(17)13(18)16-14/h4-7,9H,8H2,1-3H3,(H,15,17)(H,16,18). The number of benzene rings is 1. The maximum absolute atomic E-state index is 11.4. The van der Waals surface area contributed by atoms with E-state index in [1.54, 1.807) is 0 Å². The van der Waals surface area contributed by atoms with Crippen molar-refractivity contribution in [3.05, 3.63) is 29.8 Å². The lowest BCUT2D eigenvalue weighted by Gasteiger charge is -2.35. The molecule has 0 bridgehead atoms. The molecule has 1 saturated heterocycles. The largest absolute Gasteiger partial charge is 0.491 e. The molecule has 2 rings (SSSR count). The van der Waals surface area contributed by atoms with Gasteiger partial charge in [0.25, 0.3) is 0 Å². The van der Waals surface area contributed by atoms with Crippen molar-refractivity contribution in [1.82, 2.24) is 10.6 Å². The van der Waals surface area contributed by atoms with Crippen LogP contribution in [0.4, 0.5) is 0 Å². The van der Waals surface area contributed by atoms with Crippen LogP contribution in [0.15, 0.2) is 24.3 Å². The molecule has 1 unspecified atom stereocenters. The minimum absolute atomic E-state index is 0.120. The van der Waals surface area contributed by atoms with Crippen molar-refractivity contribution in [3.63, 3.8) is 0 Å². The van der Waals surface area contributed by atoms with Crippen LogP contribution in [0.3, 0.4) is 0 Å². The fourth-order valence-electron chi connectivity index (χ4n) is 2.04. The Morgan fingerprint density at radius 3 is 2.32 bits per heavy atom. The van der Waals surface area contributed by atoms with Crippen LogP contribution in [0, 0.1) is 0 Å². The fraction of sp³-hybridized carbons (Fsp3) is 0.429. The Kier molecular flexibility index (Phi) is 3.46. The molecule has 0 aliphatic carbocycles. The first-order chi connectivity index (χ1) is 8.90. The molecular formula is C14H18N2O3. The van der Waals surface area contributed by atoms with Gasteiger partial charge < -0.3 is 15.4 Å². The Bertz CT molecular complexity index is 496. The van der Waals surface area contributed by atoms with Crippen molar-refractivity contribution >= 4 is 11.8 Å². The van der Waals surface area contributed by atoms with E-state index < -0.39 is 17.4 Å². The lowest BCUT2D eigenvalue weighted by molar-refractivity contribution is -0.142. The number of carbonyl (C=O) groups is 2. The molecule has 2 N–H and O–H groups in total. The van der Waals surface area contributed by atoms with Crippen LogP contribution in [0.5, 0.6) is 5.75 Å². The number of hydrogen-bond acceptors (Lipinski definition) is 3. The van der Waals surface area contributed by atoms with Gasteiger partial charge in [-0.2, -0.15) is 0 Å². The Hall–Kier alpha value is -2.04. The van der Waals surface area contributed by atoms with Gasteiger partial charge in [-0.15, -0.1) is 0 Å². The van der Waals surface area contributed by atoms with E-state index in [0.29, 0.717) is 6.54 Å². The van der Waals surface area contributed by atoms with Gasteiger partial charge >= 0.3 is 11.8 Å². The van der Waals surface area contributed by atoms with Crippen LogP contribution in [-0.4, -0.2) is 24.5 Å². The summed E-state index contributed by atoms with van der Waals surface area (Å²) in [6.45, 7) is 6.18. The summed E-state index contributed by atoms with van der Waals surface area (Å²) < 4.78 is 5.57. The summed E-state index contributed by atoms with van der Waals surface area (Å²) in [6.07, 6.45) is 0.120. The zero-order valence-corrected chi connectivity index (χ0v) is 11.3. The summed E-state index contributed by atoms with van der Waals surface area (Å²) in [4.78, 5) is 22.6. The summed E-state index contributed by atoms with van der Waals surface area (Å²) in [7, 11) is 0. The van der Waals surface area contributed by atoms with E-state index >= 15 is 0 Å². The number of carbonyl (C=O) groups excluding carboxylic acids is 2. The third-order valence-electron chi connectivity index (χ3n) is 3.06. The first-order valence-electron chi connectivity index (χ1n) is 6.28. The van der Waals surface area contributed by atoms with E-state index in [1.807, 2.05) is 45.0 Å². The second kappa shape index (κ2) is 4.91. The molecule has 102 valence electrons. The van der Waals surface area contributed by atoms with Gasteiger partial charge in [-0.05, 0) is 38.5 Å². The van der Waals surface area contributed by atoms with E-state index in [-0.39, 0.29) is 6.10 Å². The summed E-state index contributed by atoms with van der Waals surface area (Å²) in [5.41, 5.74) is 0.346. The van der Waals surface area contributed by atoms with Crippen molar-refractivity contribution in [1.29, 1.82) is 0 Å². The molecule has 1 aromatic carbocycles. The van der Waals surface area contributed by atoms with E-state index in [1.165, 1.54) is 0 Å². The molecule has 1 aliphatic heterocycles. The Morgan fingerprint density at radius 2 is 1.79 bits per heavy atom. The molecule has 1 heterocycles. The summed E-state index contributed by atoms with van der Waals surface area (Å²) in [6, 6.07) is 7.53. The van der Waals surface area contributed by atoms with Crippen LogP contribution in [-0.2, 0) is 15.1 Å². The normalized spacial score (nSPS) is 22.9. The highest BCUT2D eigenvalue weighted by Crippen LogP contribution is 2.24. The van der Waals surface area contributed by atoms with Gasteiger partial charge in [0.05, 0.1) is 11.6 Å². The Morgan fingerprint density at radius 1 is 1.16 bits per heavy atom. The minimum atomic E-state index is -0.601. The van der Waals surface area contributed by atoms with Gasteiger partial charge in [-0.25, -0.2) is 0 Å². The molecule has 1 aliphatic rings. The maximum Gasteiger partial charge on any atom is 0.310 e. The molecule has 0 saturated carbocycles. The predicted octanol–water partition coefficient (Wildman–Crippen LogP) is 0.935. The highest BCUT2D eigenvalue weighted by Gasteiger charge is 2.36. The molecule has 1 fully saturated rings. The SMILES string of the molecule is CC(C)Oc1ccc(C2(C)CNC(=O)C(=O)N2)cc1. The highest BCUT2D eigenvalue weighted by atomic mass is 16.5. The van der Waals surface area contributed by atoms with Crippen molar-refractivity contribution in [2.45, 2.75) is 32.4 Å². The maximum atomic E-state index is 11.4. The van der Waals surface area contributed by atoms with E-state index in [9.17, 15) is 9.59 Å². The van der Waals surface area contributed by atoms with Crippen LogP contribution in [0.25, 0.3) is 0 Å². The van der Waals surface area contributed by atoms with Gasteiger partial charge in [-0.1, -0.05) is 12.1 Å². The number of piperazine rings is 1. The first kappa shape index (κ1) is 13.4. The zero-order valence-electron chi connectivity index (χ0n) is 11.3. The van der Waals surface area contributed by atoms with Gasteiger partial charge in [-0.3, -0.25) is 9.59 Å². The fourth-order valence-corrected chi connectivity index (χ4v) is 2.04. The van der Waals surface area contributed by atoms with Gasteiger partial charge in [0.1, 0.15) is 5.75 Å². The van der Waals surface area contributed by atoms with Gasteiger partial charge in [0, 0.05) is 6.54 Å². The van der Waals surface area contributed by atoms with Crippen LogP contribution >= 0.6 is 0 Å². The average Bonchev–Trinajstić information content (AvgIpc) is 2.34. The average molecular weight is 262 g/mol. The van der Waals surface area contributed by atoms with E-state index in [2.05, 4.69) is 10.6 Å². The molecule has 5 nitrogen and oxygen atoms in total. The smallest absolute Gasteiger partial charge is 0.310 e. The van der Waals surface area contributed by atoms with Crippen molar-refractivity contribution < 1.29 is 14.3 Å². The van der Waals surface area contributed by atoms with Crippen molar-refractivity contribution in [3.8, 4) is 5.75 Å². The van der Waals surface area contributed by atoms with Crippen molar-refractivity contribution in [2.75, 3.05) is 6.54 Å². The van der Waals surface area contributed by atoms with Gasteiger partial charge in [0.2, 0.25) is 0 Å². The number of rotatable bonds is 3. The van der Waals surface area contributed by atoms with Gasteiger partial charge in [0.15, 0.2) is 0 Å². The number of hydrogen-bond donors (Lipinski definition) is 2. The molecule has 0 spiro atoms. The summed E-state index contributed by atoms with van der Waals surface area (Å²) in [5.74, 6) is -0.401. The number of nitrogens with one attached hydrogen (secondary N) is 2. The molecule has 19 heavy (non-hydrogen) atoms. The minimum Gasteiger partial charge on any atom is -0.491 e. The second-order valence-electron chi connectivity index (χ2n) is 5.16. The highest BCUT2D eigenvalue weighted by molar-refractivity contribution is 6.35. The lowest BCUT2D eigenvalue weighted by atomic mass is 9.90. The number of amides is 2. The molecule has 0 aromatic heterocycles. The second-order valence-corrected chi connectivity index (χ2v) is 5.16. The topological polar surface area (TPSA) is 67.4 Å². The summed E-state index contributed by atoms with van der Waals surface area (Å²) in [5, 5.41) is 5.31. The lowest BCUT2D eigenvalue weighted by Crippen LogP contribution is -2.60. The van der Waals surface area contributed by atoms with Crippen molar-refractivity contribution in [2.24, 2.45) is 0 Å². The Labute approximate surface area is 112 Å². The first-order valence-corrected chi connectivity index (χ1v) is 6.28. The molecule has 1 atom stereocenters. The molecule has 2 amide bonds. The zero-order chi connectivity index (χ0) is 14.0.